The summed E-state index contributed by atoms with van der Waals surface area (Å²) in [6.07, 6.45) is 7.97. The zero-order valence-electron chi connectivity index (χ0n) is 13.3. The van der Waals surface area contributed by atoms with Crippen LogP contribution in [0.4, 0.5) is 0 Å². The van der Waals surface area contributed by atoms with Crippen molar-refractivity contribution in [1.29, 1.82) is 0 Å². The van der Waals surface area contributed by atoms with Crippen molar-refractivity contribution in [2.45, 2.75) is 51.5 Å². The van der Waals surface area contributed by atoms with E-state index in [1.54, 1.807) is 0 Å². The summed E-state index contributed by atoms with van der Waals surface area (Å²) in [5.74, 6) is 0. The Bertz CT molecular complexity index is 385. The summed E-state index contributed by atoms with van der Waals surface area (Å²) in [5, 5.41) is 4.49. The van der Waals surface area contributed by atoms with Crippen LogP contribution in [0.25, 0.3) is 0 Å². The van der Waals surface area contributed by atoms with Gasteiger partial charge in [-0.15, -0.1) is 0 Å². The van der Waals surface area contributed by atoms with Crippen LogP contribution in [0.2, 0.25) is 5.02 Å². The number of unbranched alkanes of at least 4 members (excludes halogenated alkanes) is 3. The van der Waals surface area contributed by atoms with Gasteiger partial charge < -0.3 is 5.32 Å². The second-order valence-corrected chi connectivity index (χ2v) is 6.51. The first kappa shape index (κ1) is 16.8. The summed E-state index contributed by atoms with van der Waals surface area (Å²) < 4.78 is 0. The van der Waals surface area contributed by atoms with Crippen molar-refractivity contribution in [2.24, 2.45) is 0 Å². The minimum atomic E-state index is 0.496. The first-order valence-electron chi connectivity index (χ1n) is 8.51. The van der Waals surface area contributed by atoms with E-state index in [4.69, 9.17) is 11.6 Å². The van der Waals surface area contributed by atoms with Crippen molar-refractivity contribution in [1.82, 2.24) is 10.2 Å². The fraction of sp³-hybridized carbons (Fsp3) is 0.667. The van der Waals surface area contributed by atoms with Gasteiger partial charge in [-0.2, -0.15) is 0 Å². The highest BCUT2D eigenvalue weighted by Gasteiger charge is 2.22. The van der Waals surface area contributed by atoms with Gasteiger partial charge in [0.15, 0.2) is 0 Å². The van der Waals surface area contributed by atoms with E-state index in [0.717, 1.165) is 18.1 Å². The van der Waals surface area contributed by atoms with Crippen LogP contribution in [-0.4, -0.2) is 31.1 Å². The van der Waals surface area contributed by atoms with Crippen LogP contribution >= 0.6 is 11.6 Å². The first-order valence-corrected chi connectivity index (χ1v) is 8.89. The molecule has 0 aliphatic carbocycles. The highest BCUT2D eigenvalue weighted by Crippen LogP contribution is 2.25. The summed E-state index contributed by atoms with van der Waals surface area (Å²) in [5.41, 5.74) is 1.39. The van der Waals surface area contributed by atoms with E-state index >= 15 is 0 Å². The molecule has 1 aliphatic heterocycles. The fourth-order valence-electron chi connectivity index (χ4n) is 3.11. The molecule has 1 aromatic carbocycles. The molecule has 0 spiro atoms. The van der Waals surface area contributed by atoms with Crippen LogP contribution < -0.4 is 5.32 Å². The molecule has 0 aromatic heterocycles. The van der Waals surface area contributed by atoms with E-state index in [0.29, 0.717) is 6.04 Å². The normalized spacial score (nSPS) is 17.2. The van der Waals surface area contributed by atoms with E-state index in [9.17, 15) is 0 Å². The average Bonchev–Trinajstić information content (AvgIpc) is 3.02. The van der Waals surface area contributed by atoms with Crippen LogP contribution in [0.15, 0.2) is 24.3 Å². The molecular formula is C18H29ClN2. The summed E-state index contributed by atoms with van der Waals surface area (Å²) >= 11 is 6.02. The molecule has 1 N–H and O–H groups in total. The monoisotopic (exact) mass is 308 g/mol. The molecule has 118 valence electrons. The zero-order valence-corrected chi connectivity index (χ0v) is 14.0. The van der Waals surface area contributed by atoms with Gasteiger partial charge in [-0.3, -0.25) is 4.90 Å². The summed E-state index contributed by atoms with van der Waals surface area (Å²) in [6.45, 7) is 6.90. The molecule has 21 heavy (non-hydrogen) atoms. The third-order valence-electron chi connectivity index (χ3n) is 4.38. The predicted molar refractivity (Wildman–Crippen MR) is 92.0 cm³/mol. The van der Waals surface area contributed by atoms with Gasteiger partial charge in [0.2, 0.25) is 0 Å². The van der Waals surface area contributed by atoms with Gasteiger partial charge in [0.1, 0.15) is 0 Å². The number of hydrogen-bond donors (Lipinski definition) is 1. The lowest BCUT2D eigenvalue weighted by molar-refractivity contribution is 0.238. The van der Waals surface area contributed by atoms with Crippen molar-refractivity contribution in [2.75, 3.05) is 26.2 Å². The molecule has 1 heterocycles. The quantitative estimate of drug-likeness (QED) is 0.668. The Morgan fingerprint density at radius 2 is 1.81 bits per heavy atom. The van der Waals surface area contributed by atoms with Gasteiger partial charge in [-0.05, 0) is 56.6 Å². The summed E-state index contributed by atoms with van der Waals surface area (Å²) in [6, 6.07) is 8.90. The molecule has 3 heteroatoms. The fourth-order valence-corrected chi connectivity index (χ4v) is 3.24. The number of benzene rings is 1. The molecule has 2 rings (SSSR count). The molecule has 1 aromatic rings. The molecule has 0 radical (unpaired) electrons. The Kier molecular flexibility index (Phi) is 7.56. The number of nitrogens with zero attached hydrogens (tertiary/aromatic N) is 1. The first-order chi connectivity index (χ1) is 10.3. The molecule has 1 unspecified atom stereocenters. The largest absolute Gasteiger partial charge is 0.315 e. The minimum absolute atomic E-state index is 0.496. The third-order valence-corrected chi connectivity index (χ3v) is 4.63. The second-order valence-electron chi connectivity index (χ2n) is 6.08. The second kappa shape index (κ2) is 9.45. The predicted octanol–water partition coefficient (Wildman–Crippen LogP) is 4.65. The molecule has 0 amide bonds. The standard InChI is InChI=1S/C18H29ClN2/c1-2-3-4-5-12-20-15-18(21-13-6-7-14-21)16-8-10-17(19)11-9-16/h8-11,18,20H,2-7,12-15H2,1H3. The minimum Gasteiger partial charge on any atom is -0.315 e. The van der Waals surface area contributed by atoms with E-state index in [2.05, 4.69) is 29.3 Å². The Balaban J connectivity index is 1.85. The number of nitrogens with one attached hydrogen (secondary N) is 1. The summed E-state index contributed by atoms with van der Waals surface area (Å²) in [4.78, 5) is 2.61. The lowest BCUT2D eigenvalue weighted by Crippen LogP contribution is -2.34. The number of hydrogen-bond acceptors (Lipinski definition) is 2. The Hall–Kier alpha value is -0.570. The van der Waals surface area contributed by atoms with Crippen LogP contribution in [-0.2, 0) is 0 Å². The maximum Gasteiger partial charge on any atom is 0.0472 e. The van der Waals surface area contributed by atoms with Gasteiger partial charge in [-0.1, -0.05) is 49.9 Å². The maximum absolute atomic E-state index is 6.02. The van der Waals surface area contributed by atoms with Crippen molar-refractivity contribution in [3.8, 4) is 0 Å². The molecule has 1 saturated heterocycles. The van der Waals surface area contributed by atoms with Crippen LogP contribution in [0.5, 0.6) is 0 Å². The number of likely N-dealkylation sites (tertiary alicyclic amines) is 1. The van der Waals surface area contributed by atoms with Crippen molar-refractivity contribution >= 4 is 11.6 Å². The average molecular weight is 309 g/mol. The van der Waals surface area contributed by atoms with Gasteiger partial charge in [0.25, 0.3) is 0 Å². The zero-order chi connectivity index (χ0) is 14.9. The topological polar surface area (TPSA) is 15.3 Å². The van der Waals surface area contributed by atoms with Crippen molar-refractivity contribution < 1.29 is 0 Å². The molecular weight excluding hydrogens is 280 g/mol. The smallest absolute Gasteiger partial charge is 0.0472 e. The number of rotatable bonds is 9. The molecule has 1 atom stereocenters. The lowest BCUT2D eigenvalue weighted by Gasteiger charge is -2.28. The van der Waals surface area contributed by atoms with E-state index in [1.807, 2.05) is 12.1 Å². The molecule has 1 fully saturated rings. The van der Waals surface area contributed by atoms with Crippen LogP contribution in [0.3, 0.4) is 0 Å². The lowest BCUT2D eigenvalue weighted by atomic mass is 10.1. The SMILES string of the molecule is CCCCCCNCC(c1ccc(Cl)cc1)N1CCCC1. The number of halogens is 1. The van der Waals surface area contributed by atoms with Gasteiger partial charge in [0.05, 0.1) is 0 Å². The van der Waals surface area contributed by atoms with Gasteiger partial charge >= 0.3 is 0 Å². The highest BCUT2D eigenvalue weighted by molar-refractivity contribution is 6.30. The van der Waals surface area contributed by atoms with E-state index in [-0.39, 0.29) is 0 Å². The molecule has 0 bridgehead atoms. The maximum atomic E-state index is 6.02. The van der Waals surface area contributed by atoms with Gasteiger partial charge in [-0.25, -0.2) is 0 Å². The van der Waals surface area contributed by atoms with Crippen molar-refractivity contribution in [3.05, 3.63) is 34.9 Å². The van der Waals surface area contributed by atoms with E-state index in [1.165, 1.54) is 57.2 Å². The molecule has 0 saturated carbocycles. The molecule has 1 aliphatic rings. The van der Waals surface area contributed by atoms with Gasteiger partial charge in [0, 0.05) is 17.6 Å². The Labute approximate surface area is 134 Å². The molecule has 2 nitrogen and oxygen atoms in total. The third kappa shape index (κ3) is 5.61. The van der Waals surface area contributed by atoms with E-state index < -0.39 is 0 Å². The summed E-state index contributed by atoms with van der Waals surface area (Å²) in [7, 11) is 0. The Morgan fingerprint density at radius 1 is 1.10 bits per heavy atom. The Morgan fingerprint density at radius 3 is 2.48 bits per heavy atom. The van der Waals surface area contributed by atoms with Crippen LogP contribution in [0, 0.1) is 0 Å². The van der Waals surface area contributed by atoms with Crippen molar-refractivity contribution in [3.63, 3.8) is 0 Å². The highest BCUT2D eigenvalue weighted by atomic mass is 35.5. The van der Waals surface area contributed by atoms with Crippen LogP contribution in [0.1, 0.15) is 57.1 Å².